The third kappa shape index (κ3) is 6.93. The van der Waals surface area contributed by atoms with Gasteiger partial charge in [0, 0.05) is 5.92 Å². The van der Waals surface area contributed by atoms with Gasteiger partial charge in [-0.2, -0.15) is 0 Å². The molecule has 0 spiro atoms. The van der Waals surface area contributed by atoms with E-state index in [2.05, 4.69) is 52.0 Å². The number of carbonyl (C=O) groups excluding carboxylic acids is 1. The van der Waals surface area contributed by atoms with Crippen molar-refractivity contribution in [1.29, 1.82) is 0 Å². The van der Waals surface area contributed by atoms with Crippen molar-refractivity contribution in [2.45, 2.75) is 130 Å². The van der Waals surface area contributed by atoms with Crippen LogP contribution in [0.4, 0.5) is 0 Å². The predicted molar refractivity (Wildman–Crippen MR) is 155 cm³/mol. The maximum Gasteiger partial charge on any atom is 0.159 e. The molecule has 0 amide bonds. The fourth-order valence-corrected chi connectivity index (χ4v) is 8.04. The van der Waals surface area contributed by atoms with Gasteiger partial charge in [0.25, 0.3) is 0 Å². The summed E-state index contributed by atoms with van der Waals surface area (Å²) in [5.74, 6) is 5.34. The first-order valence-corrected chi connectivity index (χ1v) is 15.8. The highest BCUT2D eigenvalue weighted by atomic mass is 16.1. The molecular weight excluding hydrogens is 436 g/mol. The highest BCUT2D eigenvalue weighted by molar-refractivity contribution is 6.00. The average molecular weight is 491 g/mol. The molecule has 3 aliphatic carbocycles. The summed E-state index contributed by atoms with van der Waals surface area (Å²) < 4.78 is 0. The zero-order valence-corrected chi connectivity index (χ0v) is 23.9. The molecule has 1 heteroatoms. The van der Waals surface area contributed by atoms with E-state index >= 15 is 0 Å². The summed E-state index contributed by atoms with van der Waals surface area (Å²) >= 11 is 0. The molecular formula is C35H54O. The standard InChI is InChI=1S/C35H54O/c1-5-7-9-28-12-16-31(17-13-28)26(4)34-23-22-33(24-35(34)36)32-20-18-30(19-21-32)25(3)29-14-10-27(8-6-2)11-15-29/h18-21,24-29,31,34H,5-17,22-23H2,1-4H3/t25?,26?,27-,28-,29-,31-,34?. The van der Waals surface area contributed by atoms with Crippen LogP contribution in [0.2, 0.25) is 0 Å². The maximum atomic E-state index is 13.2. The third-order valence-electron chi connectivity index (χ3n) is 10.7. The second-order valence-corrected chi connectivity index (χ2v) is 13.0. The second-order valence-electron chi connectivity index (χ2n) is 13.0. The Morgan fingerprint density at radius 3 is 1.94 bits per heavy atom. The van der Waals surface area contributed by atoms with Crippen LogP contribution in [0, 0.1) is 35.5 Å². The smallest absolute Gasteiger partial charge is 0.159 e. The highest BCUT2D eigenvalue weighted by Gasteiger charge is 2.34. The molecule has 0 heterocycles. The van der Waals surface area contributed by atoms with E-state index in [0.29, 0.717) is 17.6 Å². The monoisotopic (exact) mass is 490 g/mol. The Hall–Kier alpha value is -1.37. The molecule has 3 aliphatic rings. The molecule has 0 aliphatic heterocycles. The Morgan fingerprint density at radius 1 is 0.750 bits per heavy atom. The van der Waals surface area contributed by atoms with Crippen molar-refractivity contribution >= 4 is 11.4 Å². The maximum absolute atomic E-state index is 13.2. The summed E-state index contributed by atoms with van der Waals surface area (Å²) in [5.41, 5.74) is 4.03. The summed E-state index contributed by atoms with van der Waals surface area (Å²) in [4.78, 5) is 13.2. The van der Waals surface area contributed by atoms with E-state index in [-0.39, 0.29) is 5.92 Å². The number of allylic oxidation sites excluding steroid dienone is 2. The van der Waals surface area contributed by atoms with E-state index in [9.17, 15) is 4.79 Å². The van der Waals surface area contributed by atoms with Gasteiger partial charge < -0.3 is 0 Å². The van der Waals surface area contributed by atoms with Crippen LogP contribution in [-0.2, 0) is 4.79 Å². The lowest BCUT2D eigenvalue weighted by molar-refractivity contribution is -0.121. The number of unbranched alkanes of at least 4 members (excludes halogenated alkanes) is 1. The largest absolute Gasteiger partial charge is 0.295 e. The van der Waals surface area contributed by atoms with Gasteiger partial charge in [0.2, 0.25) is 0 Å². The number of rotatable bonds is 10. The molecule has 200 valence electrons. The summed E-state index contributed by atoms with van der Waals surface area (Å²) in [7, 11) is 0. The molecule has 0 saturated heterocycles. The van der Waals surface area contributed by atoms with Gasteiger partial charge in [-0.1, -0.05) is 110 Å². The van der Waals surface area contributed by atoms with Gasteiger partial charge in [0.05, 0.1) is 0 Å². The van der Waals surface area contributed by atoms with E-state index in [1.165, 1.54) is 100 Å². The second kappa shape index (κ2) is 13.4. The molecule has 0 bridgehead atoms. The quantitative estimate of drug-likeness (QED) is 0.319. The minimum atomic E-state index is 0.244. The lowest BCUT2D eigenvalue weighted by Crippen LogP contribution is -2.31. The average Bonchev–Trinajstić information content (AvgIpc) is 2.92. The Morgan fingerprint density at radius 2 is 1.36 bits per heavy atom. The van der Waals surface area contributed by atoms with Crippen molar-refractivity contribution in [3.05, 3.63) is 41.5 Å². The van der Waals surface area contributed by atoms with Gasteiger partial charge in [-0.25, -0.2) is 0 Å². The minimum Gasteiger partial charge on any atom is -0.295 e. The Kier molecular flexibility index (Phi) is 10.3. The van der Waals surface area contributed by atoms with E-state index in [0.717, 1.165) is 36.5 Å². The van der Waals surface area contributed by atoms with Crippen molar-refractivity contribution in [2.24, 2.45) is 35.5 Å². The topological polar surface area (TPSA) is 17.1 Å². The van der Waals surface area contributed by atoms with Crippen LogP contribution in [0.5, 0.6) is 0 Å². The van der Waals surface area contributed by atoms with Crippen LogP contribution in [0.25, 0.3) is 5.57 Å². The molecule has 4 rings (SSSR count). The Labute approximate surface area is 222 Å². The fraction of sp³-hybridized carbons (Fsp3) is 0.743. The molecule has 1 nitrogen and oxygen atoms in total. The molecule has 2 saturated carbocycles. The van der Waals surface area contributed by atoms with Crippen molar-refractivity contribution < 1.29 is 4.79 Å². The Balaban J connectivity index is 1.30. The lowest BCUT2D eigenvalue weighted by atomic mass is 9.68. The molecule has 1 aromatic rings. The molecule has 0 radical (unpaired) electrons. The zero-order valence-electron chi connectivity index (χ0n) is 23.9. The summed E-state index contributed by atoms with van der Waals surface area (Å²) in [6, 6.07) is 9.31. The van der Waals surface area contributed by atoms with Crippen LogP contribution in [-0.4, -0.2) is 5.78 Å². The summed E-state index contributed by atoms with van der Waals surface area (Å²) in [5, 5.41) is 0. The van der Waals surface area contributed by atoms with E-state index in [4.69, 9.17) is 0 Å². The van der Waals surface area contributed by atoms with E-state index < -0.39 is 0 Å². The summed E-state index contributed by atoms with van der Waals surface area (Å²) in [6.45, 7) is 9.45. The van der Waals surface area contributed by atoms with Gasteiger partial charge in [-0.3, -0.25) is 4.79 Å². The van der Waals surface area contributed by atoms with E-state index in [1.807, 2.05) is 6.08 Å². The van der Waals surface area contributed by atoms with Crippen LogP contribution >= 0.6 is 0 Å². The first kappa shape index (κ1) is 27.7. The molecule has 3 atom stereocenters. The SMILES string of the molecule is CCCC[C@H]1CC[C@H](C(C)C2CCC(c3ccc(C(C)[C@H]4CC[C@H](CCC)CC4)cc3)=CC2=O)CC1. The molecule has 3 unspecified atom stereocenters. The van der Waals surface area contributed by atoms with Gasteiger partial charge in [0.1, 0.15) is 0 Å². The number of benzene rings is 1. The minimum absolute atomic E-state index is 0.244. The van der Waals surface area contributed by atoms with Crippen molar-refractivity contribution in [1.82, 2.24) is 0 Å². The lowest BCUT2D eigenvalue weighted by Gasteiger charge is -2.36. The van der Waals surface area contributed by atoms with Gasteiger partial charge in [-0.15, -0.1) is 0 Å². The molecule has 0 aromatic heterocycles. The van der Waals surface area contributed by atoms with Crippen molar-refractivity contribution in [3.63, 3.8) is 0 Å². The first-order chi connectivity index (χ1) is 17.5. The molecule has 0 N–H and O–H groups in total. The zero-order chi connectivity index (χ0) is 25.5. The first-order valence-electron chi connectivity index (χ1n) is 15.8. The number of hydrogen-bond acceptors (Lipinski definition) is 1. The normalized spacial score (nSPS) is 31.1. The number of ketones is 1. The highest BCUT2D eigenvalue weighted by Crippen LogP contribution is 2.43. The van der Waals surface area contributed by atoms with Gasteiger partial charge in [0.15, 0.2) is 5.78 Å². The Bertz CT molecular complexity index is 832. The number of carbonyl (C=O) groups is 1. The molecule has 1 aromatic carbocycles. The summed E-state index contributed by atoms with van der Waals surface area (Å²) in [6.07, 6.45) is 22.1. The van der Waals surface area contributed by atoms with Crippen LogP contribution in [0.1, 0.15) is 141 Å². The van der Waals surface area contributed by atoms with E-state index in [1.54, 1.807) is 0 Å². The van der Waals surface area contributed by atoms with Crippen molar-refractivity contribution in [2.75, 3.05) is 0 Å². The van der Waals surface area contributed by atoms with Crippen LogP contribution in [0.3, 0.4) is 0 Å². The fourth-order valence-electron chi connectivity index (χ4n) is 8.04. The van der Waals surface area contributed by atoms with Crippen LogP contribution < -0.4 is 0 Å². The van der Waals surface area contributed by atoms with Gasteiger partial charge >= 0.3 is 0 Å². The van der Waals surface area contributed by atoms with Crippen molar-refractivity contribution in [3.8, 4) is 0 Å². The van der Waals surface area contributed by atoms with Gasteiger partial charge in [-0.05, 0) is 96.8 Å². The van der Waals surface area contributed by atoms with Crippen LogP contribution in [0.15, 0.2) is 30.3 Å². The third-order valence-corrected chi connectivity index (χ3v) is 10.7. The molecule has 2 fully saturated rings. The number of hydrogen-bond donors (Lipinski definition) is 0. The predicted octanol–water partition coefficient (Wildman–Crippen LogP) is 10.4. The molecule has 36 heavy (non-hydrogen) atoms.